The smallest absolute Gasteiger partial charge is 0.423 e. The largest absolute Gasteiger partial charge is 0.491 e. The van der Waals surface area contributed by atoms with Gasteiger partial charge in [-0.05, 0) is 51.7 Å². The maximum atomic E-state index is 10.0. The van der Waals surface area contributed by atoms with Gasteiger partial charge in [0, 0.05) is 5.69 Å². The summed E-state index contributed by atoms with van der Waals surface area (Å²) in [5.74, 6) is 0. The lowest BCUT2D eigenvalue weighted by Crippen LogP contribution is -2.53. The van der Waals surface area contributed by atoms with Crippen LogP contribution in [-0.4, -0.2) is 28.5 Å². The number of nitrogen functional groups attached to an aromatic ring is 1. The molecule has 18 heavy (non-hydrogen) atoms. The summed E-state index contributed by atoms with van der Waals surface area (Å²) in [6.07, 6.45) is 0. The summed E-state index contributed by atoms with van der Waals surface area (Å²) in [5, 5.41) is 20.0. The molecule has 100 valence electrons. The van der Waals surface area contributed by atoms with Gasteiger partial charge in [0.2, 0.25) is 0 Å². The van der Waals surface area contributed by atoms with Gasteiger partial charge in [0.15, 0.2) is 0 Å². The van der Waals surface area contributed by atoms with Crippen molar-refractivity contribution in [1.82, 2.24) is 0 Å². The molecular weight excluding hydrogens is 229 g/mol. The predicted molar refractivity (Wildman–Crippen MR) is 74.7 cm³/mol. The molecule has 0 aromatic heterocycles. The van der Waals surface area contributed by atoms with Crippen LogP contribution in [-0.2, 0) is 4.65 Å². The predicted octanol–water partition coefficient (Wildman–Crippen LogP) is 0.831. The molecule has 0 saturated heterocycles. The molecule has 0 bridgehead atoms. The lowest BCUT2D eigenvalue weighted by Gasteiger charge is -2.38. The Bertz CT molecular complexity index is 427. The number of benzene rings is 1. The van der Waals surface area contributed by atoms with Crippen LogP contribution in [0.4, 0.5) is 5.69 Å². The van der Waals surface area contributed by atoms with Crippen LogP contribution in [0.15, 0.2) is 18.2 Å². The SMILES string of the molecule is Cc1ccc(B(O)OC(C)(C)C(C)(C)O)cc1N. The van der Waals surface area contributed by atoms with E-state index in [4.69, 9.17) is 10.4 Å². The van der Waals surface area contributed by atoms with E-state index in [0.717, 1.165) is 5.56 Å². The first kappa shape index (κ1) is 15.0. The van der Waals surface area contributed by atoms with E-state index in [1.165, 1.54) is 0 Å². The number of hydrogen-bond donors (Lipinski definition) is 3. The van der Waals surface area contributed by atoms with Crippen LogP contribution < -0.4 is 11.2 Å². The Morgan fingerprint density at radius 3 is 2.22 bits per heavy atom. The quantitative estimate of drug-likeness (QED) is 0.547. The third kappa shape index (κ3) is 3.25. The van der Waals surface area contributed by atoms with Gasteiger partial charge in [-0.2, -0.15) is 0 Å². The van der Waals surface area contributed by atoms with Crippen LogP contribution in [0.3, 0.4) is 0 Å². The third-order valence-corrected chi connectivity index (χ3v) is 3.47. The number of anilines is 1. The highest BCUT2D eigenvalue weighted by molar-refractivity contribution is 6.60. The van der Waals surface area contributed by atoms with Crippen molar-refractivity contribution in [2.24, 2.45) is 0 Å². The van der Waals surface area contributed by atoms with Gasteiger partial charge in [0.05, 0.1) is 11.2 Å². The molecule has 0 saturated carbocycles. The van der Waals surface area contributed by atoms with E-state index in [0.29, 0.717) is 11.2 Å². The number of rotatable bonds is 4. The molecule has 0 heterocycles. The highest BCUT2D eigenvalue weighted by Gasteiger charge is 2.39. The zero-order valence-corrected chi connectivity index (χ0v) is 11.7. The van der Waals surface area contributed by atoms with Crippen LogP contribution in [0, 0.1) is 6.92 Å². The lowest BCUT2D eigenvalue weighted by atomic mass is 9.76. The van der Waals surface area contributed by atoms with Gasteiger partial charge in [-0.25, -0.2) is 0 Å². The van der Waals surface area contributed by atoms with Crippen LogP contribution in [0.5, 0.6) is 0 Å². The minimum Gasteiger partial charge on any atom is -0.423 e. The highest BCUT2D eigenvalue weighted by atomic mass is 16.5. The molecule has 0 aliphatic heterocycles. The second-order valence-electron chi connectivity index (χ2n) is 5.66. The van der Waals surface area contributed by atoms with Crippen molar-refractivity contribution < 1.29 is 14.8 Å². The summed E-state index contributed by atoms with van der Waals surface area (Å²) in [5.41, 5.74) is 5.98. The fourth-order valence-corrected chi connectivity index (χ4v) is 1.30. The summed E-state index contributed by atoms with van der Waals surface area (Å²) in [6.45, 7) is 8.64. The molecule has 0 spiro atoms. The monoisotopic (exact) mass is 251 g/mol. The molecule has 0 aliphatic carbocycles. The second-order valence-corrected chi connectivity index (χ2v) is 5.66. The average Bonchev–Trinajstić information content (AvgIpc) is 2.19. The minimum absolute atomic E-state index is 0.579. The van der Waals surface area contributed by atoms with Crippen LogP contribution in [0.25, 0.3) is 0 Å². The lowest BCUT2D eigenvalue weighted by molar-refractivity contribution is -0.0982. The molecule has 4 N–H and O–H groups in total. The van der Waals surface area contributed by atoms with E-state index in [-0.39, 0.29) is 0 Å². The van der Waals surface area contributed by atoms with E-state index in [2.05, 4.69) is 0 Å². The van der Waals surface area contributed by atoms with Crippen molar-refractivity contribution >= 4 is 18.3 Å². The van der Waals surface area contributed by atoms with Gasteiger partial charge in [-0.1, -0.05) is 12.1 Å². The van der Waals surface area contributed by atoms with Crippen molar-refractivity contribution in [3.8, 4) is 0 Å². The standard InChI is InChI=1S/C13H22BNO3/c1-9-6-7-10(8-11(9)15)14(17)18-13(4,5)12(2,3)16/h6-8,16-17H,15H2,1-5H3. The van der Waals surface area contributed by atoms with Crippen LogP contribution >= 0.6 is 0 Å². The summed E-state index contributed by atoms with van der Waals surface area (Å²) in [6, 6.07) is 5.27. The maximum absolute atomic E-state index is 10.0. The molecular formula is C13H22BNO3. The Morgan fingerprint density at radius 2 is 1.78 bits per heavy atom. The van der Waals surface area contributed by atoms with Crippen molar-refractivity contribution in [3.63, 3.8) is 0 Å². The second kappa shape index (κ2) is 4.92. The van der Waals surface area contributed by atoms with Gasteiger partial charge in [-0.15, -0.1) is 0 Å². The fourth-order valence-electron chi connectivity index (χ4n) is 1.30. The molecule has 0 fully saturated rings. The summed E-state index contributed by atoms with van der Waals surface area (Å²) in [7, 11) is -1.12. The molecule has 0 amide bonds. The number of hydrogen-bond acceptors (Lipinski definition) is 4. The zero-order chi connectivity index (χ0) is 14.1. The average molecular weight is 251 g/mol. The highest BCUT2D eigenvalue weighted by Crippen LogP contribution is 2.25. The summed E-state index contributed by atoms with van der Waals surface area (Å²) < 4.78 is 5.53. The fraction of sp³-hybridized carbons (Fsp3) is 0.538. The number of aryl methyl sites for hydroxylation is 1. The van der Waals surface area contributed by atoms with Crippen molar-refractivity contribution in [2.75, 3.05) is 5.73 Å². The first-order valence-electron chi connectivity index (χ1n) is 5.99. The van der Waals surface area contributed by atoms with Gasteiger partial charge in [0.1, 0.15) is 0 Å². The molecule has 1 aromatic rings. The van der Waals surface area contributed by atoms with E-state index in [1.807, 2.05) is 13.0 Å². The molecule has 4 nitrogen and oxygen atoms in total. The number of aliphatic hydroxyl groups is 1. The van der Waals surface area contributed by atoms with E-state index in [9.17, 15) is 10.1 Å². The van der Waals surface area contributed by atoms with Crippen LogP contribution in [0.1, 0.15) is 33.3 Å². The normalized spacial score (nSPS) is 12.6. The van der Waals surface area contributed by atoms with Crippen LogP contribution in [0.2, 0.25) is 0 Å². The minimum atomic E-state index is -1.12. The molecule has 0 aliphatic rings. The van der Waals surface area contributed by atoms with E-state index >= 15 is 0 Å². The van der Waals surface area contributed by atoms with Gasteiger partial charge in [0.25, 0.3) is 0 Å². The van der Waals surface area contributed by atoms with Gasteiger partial charge < -0.3 is 20.5 Å². The summed E-state index contributed by atoms with van der Waals surface area (Å²) >= 11 is 0. The Labute approximate surface area is 109 Å². The molecule has 1 aromatic carbocycles. The number of nitrogens with two attached hydrogens (primary N) is 1. The molecule has 1 rings (SSSR count). The van der Waals surface area contributed by atoms with Crippen molar-refractivity contribution in [3.05, 3.63) is 23.8 Å². The van der Waals surface area contributed by atoms with Gasteiger partial charge >= 0.3 is 7.12 Å². The maximum Gasteiger partial charge on any atom is 0.491 e. The molecule has 0 atom stereocenters. The Kier molecular flexibility index (Phi) is 4.10. The zero-order valence-electron chi connectivity index (χ0n) is 11.7. The van der Waals surface area contributed by atoms with Crippen molar-refractivity contribution in [2.45, 2.75) is 45.8 Å². The Hall–Kier alpha value is -1.04. The molecule has 0 radical (unpaired) electrons. The Balaban J connectivity index is 2.89. The van der Waals surface area contributed by atoms with Gasteiger partial charge in [-0.3, -0.25) is 0 Å². The first-order valence-corrected chi connectivity index (χ1v) is 5.99. The molecule has 5 heteroatoms. The molecule has 0 unspecified atom stereocenters. The summed E-state index contributed by atoms with van der Waals surface area (Å²) in [4.78, 5) is 0. The first-order chi connectivity index (χ1) is 8.04. The van der Waals surface area contributed by atoms with Crippen molar-refractivity contribution in [1.29, 1.82) is 0 Å². The topological polar surface area (TPSA) is 75.7 Å². The third-order valence-electron chi connectivity index (χ3n) is 3.47. The van der Waals surface area contributed by atoms with E-state index in [1.54, 1.807) is 39.8 Å². The van der Waals surface area contributed by atoms with E-state index < -0.39 is 18.3 Å². The Morgan fingerprint density at radius 1 is 1.22 bits per heavy atom.